The van der Waals surface area contributed by atoms with Crippen LogP contribution in [0.1, 0.15) is 51.7 Å². The Kier molecular flexibility index (Phi) is 8.24. The van der Waals surface area contributed by atoms with E-state index in [1.165, 1.54) is 13.8 Å². The monoisotopic (exact) mass is 464 g/mol. The molecule has 2 aromatic rings. The molecule has 0 heterocycles. The lowest BCUT2D eigenvalue weighted by atomic mass is 10.1. The molecule has 1 aliphatic carbocycles. The number of Topliss-reactive ketones (excluding diaryl/α,β-unsaturated/α-hetero) is 1. The Hall–Kier alpha value is -3.87. The molecule has 0 spiro atoms. The number of allylic oxidation sites excluding steroid dienone is 2. The number of carbonyl (C=O) groups is 3. The highest BCUT2D eigenvalue weighted by atomic mass is 16.6. The Morgan fingerprint density at radius 3 is 1.50 bits per heavy atom. The molecule has 0 saturated heterocycles. The van der Waals surface area contributed by atoms with Crippen molar-refractivity contribution in [2.75, 3.05) is 13.2 Å². The molecule has 1 fully saturated rings. The Bertz CT molecular complexity index is 1070. The van der Waals surface area contributed by atoms with Gasteiger partial charge in [-0.05, 0) is 74.2 Å². The van der Waals surface area contributed by atoms with Gasteiger partial charge in [0, 0.05) is 25.0 Å². The zero-order valence-corrected chi connectivity index (χ0v) is 19.8. The van der Waals surface area contributed by atoms with Gasteiger partial charge in [0.15, 0.2) is 28.8 Å². The molecule has 1 aliphatic rings. The summed E-state index contributed by atoms with van der Waals surface area (Å²) in [6, 6.07) is 10.4. The highest BCUT2D eigenvalue weighted by Crippen LogP contribution is 2.34. The molecule has 0 amide bonds. The van der Waals surface area contributed by atoms with Crippen LogP contribution in [0.5, 0.6) is 23.0 Å². The van der Waals surface area contributed by atoms with E-state index >= 15 is 0 Å². The second-order valence-corrected chi connectivity index (χ2v) is 7.63. The fraction of sp³-hybridized carbons (Fsp3) is 0.296. The molecular weight excluding hydrogens is 436 g/mol. The summed E-state index contributed by atoms with van der Waals surface area (Å²) in [7, 11) is 0. The highest BCUT2D eigenvalue weighted by Gasteiger charge is 2.23. The maximum atomic E-state index is 13.0. The fourth-order valence-electron chi connectivity index (χ4n) is 3.62. The smallest absolute Gasteiger partial charge is 0.308 e. The first-order valence-electron chi connectivity index (χ1n) is 11.2. The summed E-state index contributed by atoms with van der Waals surface area (Å²) in [6.07, 6.45) is 4.89. The number of ketones is 1. The van der Waals surface area contributed by atoms with Gasteiger partial charge in [-0.15, -0.1) is 0 Å². The van der Waals surface area contributed by atoms with E-state index in [4.69, 9.17) is 18.9 Å². The molecule has 0 radical (unpaired) electrons. The number of hydrogen-bond donors (Lipinski definition) is 0. The summed E-state index contributed by atoms with van der Waals surface area (Å²) >= 11 is 0. The summed E-state index contributed by atoms with van der Waals surface area (Å²) in [5.74, 6) is 0.704. The van der Waals surface area contributed by atoms with E-state index in [0.717, 1.165) is 11.1 Å². The van der Waals surface area contributed by atoms with Crippen molar-refractivity contribution in [3.8, 4) is 23.0 Å². The lowest BCUT2D eigenvalue weighted by molar-refractivity contribution is -0.132. The summed E-state index contributed by atoms with van der Waals surface area (Å²) in [5, 5.41) is 0. The van der Waals surface area contributed by atoms with Crippen molar-refractivity contribution in [1.29, 1.82) is 0 Å². The largest absolute Gasteiger partial charge is 0.490 e. The van der Waals surface area contributed by atoms with Gasteiger partial charge in [-0.2, -0.15) is 0 Å². The van der Waals surface area contributed by atoms with Gasteiger partial charge in [0.2, 0.25) is 0 Å². The van der Waals surface area contributed by atoms with Gasteiger partial charge in [-0.3, -0.25) is 14.4 Å². The van der Waals surface area contributed by atoms with Crippen molar-refractivity contribution >= 4 is 29.9 Å². The van der Waals surface area contributed by atoms with Gasteiger partial charge in [0.25, 0.3) is 0 Å². The van der Waals surface area contributed by atoms with Crippen molar-refractivity contribution in [1.82, 2.24) is 0 Å². The molecule has 0 bridgehead atoms. The van der Waals surface area contributed by atoms with Crippen LogP contribution >= 0.6 is 0 Å². The second-order valence-electron chi connectivity index (χ2n) is 7.63. The Morgan fingerprint density at radius 1 is 0.735 bits per heavy atom. The molecule has 0 aliphatic heterocycles. The molecule has 178 valence electrons. The van der Waals surface area contributed by atoms with E-state index in [1.54, 1.807) is 36.4 Å². The number of hydrogen-bond acceptors (Lipinski definition) is 7. The molecular formula is C27H28O7. The quantitative estimate of drug-likeness (QED) is 0.303. The maximum Gasteiger partial charge on any atom is 0.308 e. The first-order valence-corrected chi connectivity index (χ1v) is 11.2. The Morgan fingerprint density at radius 2 is 1.15 bits per heavy atom. The first-order chi connectivity index (χ1) is 16.3. The van der Waals surface area contributed by atoms with Crippen molar-refractivity contribution in [2.24, 2.45) is 0 Å². The molecule has 7 nitrogen and oxygen atoms in total. The zero-order valence-electron chi connectivity index (χ0n) is 19.8. The van der Waals surface area contributed by atoms with E-state index in [0.29, 0.717) is 60.2 Å². The molecule has 0 unspecified atom stereocenters. The van der Waals surface area contributed by atoms with Crippen LogP contribution in [0.15, 0.2) is 47.5 Å². The van der Waals surface area contributed by atoms with Crippen LogP contribution < -0.4 is 18.9 Å². The molecule has 2 aromatic carbocycles. The van der Waals surface area contributed by atoms with Crippen LogP contribution in [0.4, 0.5) is 0 Å². The number of rotatable bonds is 8. The van der Waals surface area contributed by atoms with Crippen molar-refractivity contribution < 1.29 is 33.3 Å². The summed E-state index contributed by atoms with van der Waals surface area (Å²) in [4.78, 5) is 35.7. The van der Waals surface area contributed by atoms with Gasteiger partial charge in [0.1, 0.15) is 0 Å². The molecule has 0 N–H and O–H groups in total. The number of carbonyl (C=O) groups excluding carboxylic acids is 3. The van der Waals surface area contributed by atoms with Crippen LogP contribution in [0.3, 0.4) is 0 Å². The standard InChI is InChI=1S/C27H28O7/c1-5-31-25-15-19(7-11-23(25)33-17(3)28)13-21-9-10-22(27(21)30)14-20-8-12-24(34-18(4)29)26(16-20)32-6-2/h7-8,11-16H,5-6,9-10H2,1-4H3/b21-13-,22-14+. The summed E-state index contributed by atoms with van der Waals surface area (Å²) in [6.45, 7) is 7.18. The Balaban J connectivity index is 1.84. The van der Waals surface area contributed by atoms with E-state index in [-0.39, 0.29) is 5.78 Å². The Labute approximate surface area is 199 Å². The summed E-state index contributed by atoms with van der Waals surface area (Å²) in [5.41, 5.74) is 2.95. The molecule has 1 saturated carbocycles. The van der Waals surface area contributed by atoms with Crippen LogP contribution in [-0.2, 0) is 14.4 Å². The molecule has 3 rings (SSSR count). The molecule has 0 atom stereocenters. The zero-order chi connectivity index (χ0) is 24.7. The topological polar surface area (TPSA) is 88.1 Å². The second kappa shape index (κ2) is 11.3. The van der Waals surface area contributed by atoms with Crippen LogP contribution in [0, 0.1) is 0 Å². The lowest BCUT2D eigenvalue weighted by Crippen LogP contribution is -2.04. The number of ether oxygens (including phenoxy) is 4. The van der Waals surface area contributed by atoms with Gasteiger partial charge in [-0.25, -0.2) is 0 Å². The number of esters is 2. The maximum absolute atomic E-state index is 13.0. The summed E-state index contributed by atoms with van der Waals surface area (Å²) < 4.78 is 21.5. The van der Waals surface area contributed by atoms with Gasteiger partial charge >= 0.3 is 11.9 Å². The SMILES string of the molecule is CCOc1cc(/C=C2/CC/C(=C\c3ccc(OC(C)=O)c(OCC)c3)C2=O)ccc1OC(C)=O. The van der Waals surface area contributed by atoms with Gasteiger partial charge in [0.05, 0.1) is 13.2 Å². The van der Waals surface area contributed by atoms with Crippen LogP contribution in [0.2, 0.25) is 0 Å². The van der Waals surface area contributed by atoms with Crippen molar-refractivity contribution in [3.63, 3.8) is 0 Å². The third-order valence-corrected chi connectivity index (χ3v) is 4.97. The minimum atomic E-state index is -0.429. The molecule has 34 heavy (non-hydrogen) atoms. The minimum Gasteiger partial charge on any atom is -0.490 e. The lowest BCUT2D eigenvalue weighted by Gasteiger charge is -2.10. The minimum absolute atomic E-state index is 0.0240. The average Bonchev–Trinajstić information content (AvgIpc) is 3.11. The fourth-order valence-corrected chi connectivity index (χ4v) is 3.62. The molecule has 0 aromatic heterocycles. The molecule has 7 heteroatoms. The third kappa shape index (κ3) is 6.34. The van der Waals surface area contributed by atoms with E-state index < -0.39 is 11.9 Å². The van der Waals surface area contributed by atoms with Crippen LogP contribution in [-0.4, -0.2) is 30.9 Å². The first kappa shape index (κ1) is 24.8. The number of benzene rings is 2. The normalized spacial score (nSPS) is 15.5. The van der Waals surface area contributed by atoms with E-state index in [1.807, 2.05) is 26.0 Å². The van der Waals surface area contributed by atoms with Gasteiger partial charge in [-0.1, -0.05) is 12.1 Å². The third-order valence-electron chi connectivity index (χ3n) is 4.97. The van der Waals surface area contributed by atoms with E-state index in [2.05, 4.69) is 0 Å². The van der Waals surface area contributed by atoms with Crippen molar-refractivity contribution in [3.05, 3.63) is 58.7 Å². The average molecular weight is 465 g/mol. The predicted molar refractivity (Wildman–Crippen MR) is 128 cm³/mol. The van der Waals surface area contributed by atoms with E-state index in [9.17, 15) is 14.4 Å². The van der Waals surface area contributed by atoms with Gasteiger partial charge < -0.3 is 18.9 Å². The van der Waals surface area contributed by atoms with Crippen LogP contribution in [0.25, 0.3) is 12.2 Å². The predicted octanol–water partition coefficient (Wildman–Crippen LogP) is 5.16. The highest BCUT2D eigenvalue weighted by molar-refractivity contribution is 6.15. The van der Waals surface area contributed by atoms with Crippen molar-refractivity contribution in [2.45, 2.75) is 40.5 Å².